The molecule has 0 fully saturated rings. The highest BCUT2D eigenvalue weighted by molar-refractivity contribution is 9.09. The number of rotatable bonds is 5. The standard InChI is InChI=1S/C12H11BrO3/c13-8-11(14)7-10-4-2-1-3-9(10)5-6-12(15)16/h1-6H,7-8H2,(H,15,16). The third-order valence-electron chi connectivity index (χ3n) is 2.00. The number of ketones is 1. The van der Waals surface area contributed by atoms with Gasteiger partial charge in [-0.3, -0.25) is 4.79 Å². The van der Waals surface area contributed by atoms with Crippen molar-refractivity contribution < 1.29 is 14.7 Å². The number of carboxylic acids is 1. The Morgan fingerprint density at radius 2 is 2.00 bits per heavy atom. The number of Topliss-reactive ketones (excluding diaryl/α,β-unsaturated/α-hetero) is 1. The average Bonchev–Trinajstić information content (AvgIpc) is 2.27. The molecule has 0 saturated heterocycles. The maximum Gasteiger partial charge on any atom is 0.328 e. The molecule has 0 amide bonds. The summed E-state index contributed by atoms with van der Waals surface area (Å²) in [6.07, 6.45) is 2.88. The number of hydrogen-bond donors (Lipinski definition) is 1. The zero-order valence-corrected chi connectivity index (χ0v) is 10.1. The summed E-state index contributed by atoms with van der Waals surface area (Å²) in [5.41, 5.74) is 1.60. The first-order valence-electron chi connectivity index (χ1n) is 4.70. The van der Waals surface area contributed by atoms with E-state index in [4.69, 9.17) is 5.11 Å². The molecule has 0 aliphatic heterocycles. The summed E-state index contributed by atoms with van der Waals surface area (Å²) >= 11 is 3.10. The van der Waals surface area contributed by atoms with Gasteiger partial charge < -0.3 is 5.11 Å². The van der Waals surface area contributed by atoms with Gasteiger partial charge in [-0.2, -0.15) is 0 Å². The van der Waals surface area contributed by atoms with Crippen LogP contribution < -0.4 is 0 Å². The Morgan fingerprint density at radius 1 is 1.31 bits per heavy atom. The van der Waals surface area contributed by atoms with E-state index in [1.165, 1.54) is 6.08 Å². The van der Waals surface area contributed by atoms with Crippen LogP contribution in [0, 0.1) is 0 Å². The van der Waals surface area contributed by atoms with E-state index in [2.05, 4.69) is 15.9 Å². The zero-order valence-electron chi connectivity index (χ0n) is 8.52. The summed E-state index contributed by atoms with van der Waals surface area (Å²) in [6.45, 7) is 0. The number of hydrogen-bond acceptors (Lipinski definition) is 2. The molecule has 0 radical (unpaired) electrons. The number of alkyl halides is 1. The molecule has 0 heterocycles. The second kappa shape index (κ2) is 6.23. The lowest BCUT2D eigenvalue weighted by Crippen LogP contribution is -2.04. The molecular weight excluding hydrogens is 272 g/mol. The summed E-state index contributed by atoms with van der Waals surface area (Å²) in [7, 11) is 0. The van der Waals surface area contributed by atoms with E-state index in [1.807, 2.05) is 18.2 Å². The van der Waals surface area contributed by atoms with Crippen LogP contribution in [0.1, 0.15) is 11.1 Å². The van der Waals surface area contributed by atoms with Crippen LogP contribution in [0.25, 0.3) is 6.08 Å². The number of carboxylic acid groups (broad SMARTS) is 1. The van der Waals surface area contributed by atoms with Crippen molar-refractivity contribution in [2.24, 2.45) is 0 Å². The van der Waals surface area contributed by atoms with Crippen LogP contribution in [0.4, 0.5) is 0 Å². The molecule has 0 unspecified atom stereocenters. The number of carbonyl (C=O) groups is 2. The van der Waals surface area contributed by atoms with Crippen LogP contribution in [0.5, 0.6) is 0 Å². The summed E-state index contributed by atoms with van der Waals surface area (Å²) in [5, 5.41) is 8.84. The van der Waals surface area contributed by atoms with Crippen molar-refractivity contribution in [2.45, 2.75) is 6.42 Å². The van der Waals surface area contributed by atoms with Crippen LogP contribution in [0.3, 0.4) is 0 Å². The lowest BCUT2D eigenvalue weighted by molar-refractivity contribution is -0.131. The Balaban J connectivity index is 2.91. The molecule has 1 aromatic carbocycles. The first kappa shape index (κ1) is 12.6. The van der Waals surface area contributed by atoms with Crippen molar-refractivity contribution in [2.75, 3.05) is 5.33 Å². The monoisotopic (exact) mass is 282 g/mol. The molecule has 84 valence electrons. The van der Waals surface area contributed by atoms with Crippen LogP contribution >= 0.6 is 15.9 Å². The third kappa shape index (κ3) is 3.98. The maximum atomic E-state index is 11.3. The van der Waals surface area contributed by atoms with Crippen LogP contribution in [0.15, 0.2) is 30.3 Å². The molecule has 0 aromatic heterocycles. The highest BCUT2D eigenvalue weighted by Gasteiger charge is 2.04. The number of benzene rings is 1. The van der Waals surface area contributed by atoms with Crippen LogP contribution in [0.2, 0.25) is 0 Å². The van der Waals surface area contributed by atoms with Crippen molar-refractivity contribution >= 4 is 33.8 Å². The fourth-order valence-corrected chi connectivity index (χ4v) is 1.48. The van der Waals surface area contributed by atoms with Gasteiger partial charge in [-0.05, 0) is 17.2 Å². The van der Waals surface area contributed by atoms with Crippen molar-refractivity contribution in [1.29, 1.82) is 0 Å². The third-order valence-corrected chi connectivity index (χ3v) is 2.62. The van der Waals surface area contributed by atoms with Gasteiger partial charge in [-0.15, -0.1) is 0 Å². The van der Waals surface area contributed by atoms with Crippen molar-refractivity contribution in [3.05, 3.63) is 41.5 Å². The molecular formula is C12H11BrO3. The molecule has 0 spiro atoms. The molecule has 1 aromatic rings. The molecule has 0 bridgehead atoms. The highest BCUT2D eigenvalue weighted by Crippen LogP contribution is 2.12. The van der Waals surface area contributed by atoms with Gasteiger partial charge in [-0.25, -0.2) is 4.79 Å². The first-order valence-corrected chi connectivity index (χ1v) is 5.82. The summed E-state index contributed by atoms with van der Waals surface area (Å²) in [5.74, 6) is -0.933. The Bertz CT molecular complexity index is 424. The first-order chi connectivity index (χ1) is 7.63. The fraction of sp³-hybridized carbons (Fsp3) is 0.167. The smallest absolute Gasteiger partial charge is 0.328 e. The van der Waals surface area contributed by atoms with Gasteiger partial charge >= 0.3 is 5.97 Å². The predicted molar refractivity (Wildman–Crippen MR) is 65.6 cm³/mol. The predicted octanol–water partition coefficient (Wildman–Crippen LogP) is 2.29. The van der Waals surface area contributed by atoms with E-state index in [1.54, 1.807) is 6.07 Å². The summed E-state index contributed by atoms with van der Waals surface area (Å²) < 4.78 is 0. The van der Waals surface area contributed by atoms with E-state index in [-0.39, 0.29) is 5.78 Å². The number of carbonyl (C=O) groups excluding carboxylic acids is 1. The Labute approximate surface area is 102 Å². The lowest BCUT2D eigenvalue weighted by atomic mass is 10.0. The number of aliphatic carboxylic acids is 1. The zero-order chi connectivity index (χ0) is 12.0. The topological polar surface area (TPSA) is 54.4 Å². The van der Waals surface area contributed by atoms with Crippen LogP contribution in [-0.2, 0) is 16.0 Å². The number of halogens is 1. The molecule has 0 aliphatic carbocycles. The van der Waals surface area contributed by atoms with Crippen molar-refractivity contribution in [1.82, 2.24) is 0 Å². The SMILES string of the molecule is O=C(O)C=Cc1ccccc1CC(=O)CBr. The van der Waals surface area contributed by atoms with Gasteiger partial charge in [-0.1, -0.05) is 40.2 Å². The van der Waals surface area contributed by atoms with Gasteiger partial charge in [0, 0.05) is 12.5 Å². The van der Waals surface area contributed by atoms with E-state index < -0.39 is 5.97 Å². The second-order valence-corrected chi connectivity index (χ2v) is 3.78. The minimum absolute atomic E-state index is 0.0659. The maximum absolute atomic E-state index is 11.3. The molecule has 1 N–H and O–H groups in total. The van der Waals surface area contributed by atoms with Crippen LogP contribution in [-0.4, -0.2) is 22.2 Å². The lowest BCUT2D eigenvalue weighted by Gasteiger charge is -2.03. The van der Waals surface area contributed by atoms with Gasteiger partial charge in [0.25, 0.3) is 0 Å². The summed E-state index contributed by atoms with van der Waals surface area (Å²) in [4.78, 5) is 21.7. The van der Waals surface area contributed by atoms with E-state index in [0.717, 1.165) is 17.2 Å². The molecule has 0 atom stereocenters. The normalized spacial score (nSPS) is 10.6. The minimum Gasteiger partial charge on any atom is -0.478 e. The molecule has 1 rings (SSSR count). The average molecular weight is 283 g/mol. The molecule has 0 aliphatic rings. The Hall–Kier alpha value is -1.42. The van der Waals surface area contributed by atoms with E-state index in [0.29, 0.717) is 11.8 Å². The Kier molecular flexibility index (Phi) is 4.92. The quantitative estimate of drug-likeness (QED) is 0.666. The molecule has 4 heteroatoms. The van der Waals surface area contributed by atoms with Crippen molar-refractivity contribution in [3.63, 3.8) is 0 Å². The van der Waals surface area contributed by atoms with E-state index in [9.17, 15) is 9.59 Å². The molecule has 0 saturated carbocycles. The van der Waals surface area contributed by atoms with Gasteiger partial charge in [0.1, 0.15) is 5.78 Å². The molecule has 16 heavy (non-hydrogen) atoms. The van der Waals surface area contributed by atoms with Gasteiger partial charge in [0.05, 0.1) is 5.33 Å². The van der Waals surface area contributed by atoms with Gasteiger partial charge in [0.15, 0.2) is 0 Å². The largest absolute Gasteiger partial charge is 0.478 e. The van der Waals surface area contributed by atoms with E-state index >= 15 is 0 Å². The Morgan fingerprint density at radius 3 is 2.62 bits per heavy atom. The highest BCUT2D eigenvalue weighted by atomic mass is 79.9. The summed E-state index contributed by atoms with van der Waals surface area (Å²) in [6, 6.07) is 7.25. The minimum atomic E-state index is -0.998. The molecule has 3 nitrogen and oxygen atoms in total. The van der Waals surface area contributed by atoms with Gasteiger partial charge in [0.2, 0.25) is 0 Å². The second-order valence-electron chi connectivity index (χ2n) is 3.22. The van der Waals surface area contributed by atoms with Crippen molar-refractivity contribution in [3.8, 4) is 0 Å². The fourth-order valence-electron chi connectivity index (χ4n) is 1.28.